The highest BCUT2D eigenvalue weighted by Gasteiger charge is 2.01. The molecule has 0 saturated heterocycles. The fourth-order valence-electron chi connectivity index (χ4n) is 1.11. The van der Waals surface area contributed by atoms with Crippen LogP contribution in [-0.2, 0) is 0 Å². The molecule has 0 spiro atoms. The summed E-state index contributed by atoms with van der Waals surface area (Å²) in [5, 5.41) is 0. The molecule has 1 rings (SSSR count). The van der Waals surface area contributed by atoms with Crippen LogP contribution in [0.3, 0.4) is 0 Å². The summed E-state index contributed by atoms with van der Waals surface area (Å²) in [7, 11) is 0. The number of benzene rings is 1. The van der Waals surface area contributed by atoms with Gasteiger partial charge in [-0.05, 0) is 24.0 Å². The maximum atomic E-state index is 5.66. The van der Waals surface area contributed by atoms with Crippen molar-refractivity contribution < 1.29 is 4.74 Å². The Kier molecular flexibility index (Phi) is 3.81. The van der Waals surface area contributed by atoms with Crippen molar-refractivity contribution in [1.82, 2.24) is 0 Å². The zero-order valence-electron chi connectivity index (χ0n) is 8.58. The highest BCUT2D eigenvalue weighted by molar-refractivity contribution is 5.37. The number of rotatable bonds is 4. The van der Waals surface area contributed by atoms with E-state index in [9.17, 15) is 0 Å². The van der Waals surface area contributed by atoms with E-state index in [0.29, 0.717) is 5.92 Å². The predicted molar refractivity (Wildman–Crippen MR) is 55.9 cm³/mol. The predicted octanol–water partition coefficient (Wildman–Crippen LogP) is 3.29. The maximum Gasteiger partial charge on any atom is 0.122 e. The van der Waals surface area contributed by atoms with Crippen LogP contribution in [0.25, 0.3) is 0 Å². The van der Waals surface area contributed by atoms with Gasteiger partial charge in [0.2, 0.25) is 0 Å². The Balaban J connectivity index is 2.64. The summed E-state index contributed by atoms with van der Waals surface area (Å²) in [5.41, 5.74) is 1.17. The lowest BCUT2D eigenvalue weighted by Gasteiger charge is -2.11. The molecular weight excluding hydrogens is 160 g/mol. The average Bonchev–Trinajstić information content (AvgIpc) is 2.15. The van der Waals surface area contributed by atoms with E-state index in [0.717, 1.165) is 12.4 Å². The lowest BCUT2D eigenvalue weighted by molar-refractivity contribution is 0.270. The van der Waals surface area contributed by atoms with E-state index in [1.165, 1.54) is 5.56 Å². The lowest BCUT2D eigenvalue weighted by atomic mass is 10.1. The lowest BCUT2D eigenvalue weighted by Crippen LogP contribution is -2.05. The summed E-state index contributed by atoms with van der Waals surface area (Å²) in [6, 6.07) is 8.10. The molecule has 0 saturated carbocycles. The van der Waals surface area contributed by atoms with Gasteiger partial charge < -0.3 is 4.74 Å². The smallest absolute Gasteiger partial charge is 0.122 e. The Labute approximate surface area is 80.7 Å². The maximum absolute atomic E-state index is 5.66. The van der Waals surface area contributed by atoms with Crippen LogP contribution in [0, 0.1) is 12.3 Å². The van der Waals surface area contributed by atoms with Crippen molar-refractivity contribution in [3.8, 4) is 5.75 Å². The third-order valence-corrected chi connectivity index (χ3v) is 1.80. The quantitative estimate of drug-likeness (QED) is 0.685. The van der Waals surface area contributed by atoms with Gasteiger partial charge in [-0.1, -0.05) is 39.0 Å². The van der Waals surface area contributed by atoms with Crippen LogP contribution in [0.1, 0.15) is 26.3 Å². The zero-order chi connectivity index (χ0) is 9.68. The molecule has 0 atom stereocenters. The first kappa shape index (κ1) is 10.1. The van der Waals surface area contributed by atoms with Crippen LogP contribution in [0.2, 0.25) is 0 Å². The van der Waals surface area contributed by atoms with Gasteiger partial charge in [0.05, 0.1) is 6.61 Å². The number of hydrogen-bond acceptors (Lipinski definition) is 1. The molecule has 0 aliphatic heterocycles. The van der Waals surface area contributed by atoms with Gasteiger partial charge >= 0.3 is 0 Å². The highest BCUT2D eigenvalue weighted by Crippen LogP contribution is 2.19. The minimum atomic E-state index is 0.574. The molecule has 0 aliphatic rings. The summed E-state index contributed by atoms with van der Waals surface area (Å²) in [6.45, 7) is 7.11. The summed E-state index contributed by atoms with van der Waals surface area (Å²) in [4.78, 5) is 0. The third kappa shape index (κ3) is 3.10. The van der Waals surface area contributed by atoms with Crippen LogP contribution < -0.4 is 4.74 Å². The molecule has 71 valence electrons. The van der Waals surface area contributed by atoms with Gasteiger partial charge in [-0.15, -0.1) is 0 Å². The van der Waals surface area contributed by atoms with Crippen molar-refractivity contribution in [3.05, 3.63) is 36.2 Å². The van der Waals surface area contributed by atoms with E-state index in [4.69, 9.17) is 4.74 Å². The van der Waals surface area contributed by atoms with E-state index in [1.807, 2.05) is 25.1 Å². The van der Waals surface area contributed by atoms with Gasteiger partial charge in [0, 0.05) is 0 Å². The molecule has 1 radical (unpaired) electrons. The minimum Gasteiger partial charge on any atom is -0.493 e. The van der Waals surface area contributed by atoms with E-state index >= 15 is 0 Å². The van der Waals surface area contributed by atoms with Gasteiger partial charge in [0.1, 0.15) is 5.75 Å². The molecular formula is C12H17O. The molecule has 0 aliphatic carbocycles. The molecule has 0 N–H and O–H groups in total. The van der Waals surface area contributed by atoms with Gasteiger partial charge in [-0.2, -0.15) is 0 Å². The second kappa shape index (κ2) is 4.90. The fraction of sp³-hybridized carbons (Fsp3) is 0.417. The summed E-state index contributed by atoms with van der Waals surface area (Å²) in [6.07, 6.45) is 2.07. The first-order chi connectivity index (χ1) is 6.24. The van der Waals surface area contributed by atoms with E-state index in [2.05, 4.69) is 26.3 Å². The van der Waals surface area contributed by atoms with E-state index in [1.54, 1.807) is 0 Å². The van der Waals surface area contributed by atoms with E-state index in [-0.39, 0.29) is 0 Å². The Hall–Kier alpha value is -0.980. The Morgan fingerprint density at radius 1 is 1.31 bits per heavy atom. The van der Waals surface area contributed by atoms with Gasteiger partial charge in [-0.25, -0.2) is 0 Å². The van der Waals surface area contributed by atoms with Gasteiger partial charge in [0.15, 0.2) is 0 Å². The second-order valence-corrected chi connectivity index (χ2v) is 3.53. The van der Waals surface area contributed by atoms with Crippen LogP contribution in [0.15, 0.2) is 24.3 Å². The van der Waals surface area contributed by atoms with E-state index < -0.39 is 0 Å². The first-order valence-corrected chi connectivity index (χ1v) is 4.75. The summed E-state index contributed by atoms with van der Waals surface area (Å²) < 4.78 is 5.66. The molecule has 0 unspecified atom stereocenters. The Bertz CT molecular complexity index is 253. The van der Waals surface area contributed by atoms with Crippen molar-refractivity contribution in [2.45, 2.75) is 20.8 Å². The topological polar surface area (TPSA) is 9.23 Å². The van der Waals surface area contributed by atoms with Gasteiger partial charge in [0.25, 0.3) is 0 Å². The molecule has 0 amide bonds. The Morgan fingerprint density at radius 3 is 2.62 bits per heavy atom. The van der Waals surface area contributed by atoms with Crippen LogP contribution in [0.5, 0.6) is 5.75 Å². The monoisotopic (exact) mass is 177 g/mol. The standard InChI is InChI=1S/C12H17O/c1-4-11-7-5-6-8-12(11)13-9-10(2)3/h4-8,10H,9H2,1-3H3. The number of hydrogen-bond donors (Lipinski definition) is 0. The largest absolute Gasteiger partial charge is 0.493 e. The fourth-order valence-corrected chi connectivity index (χ4v) is 1.11. The van der Waals surface area contributed by atoms with Crippen molar-refractivity contribution in [2.75, 3.05) is 6.61 Å². The van der Waals surface area contributed by atoms with Crippen molar-refractivity contribution in [1.29, 1.82) is 0 Å². The normalized spacial score (nSPS) is 10.5. The molecule has 0 heterocycles. The van der Waals surface area contributed by atoms with Gasteiger partial charge in [-0.3, -0.25) is 0 Å². The molecule has 0 bridgehead atoms. The molecule has 1 nitrogen and oxygen atoms in total. The van der Waals surface area contributed by atoms with Crippen molar-refractivity contribution in [2.24, 2.45) is 5.92 Å². The van der Waals surface area contributed by atoms with Crippen LogP contribution >= 0.6 is 0 Å². The SMILES string of the molecule is C[CH]c1ccccc1OCC(C)C. The number of ether oxygens (including phenoxy) is 1. The molecule has 1 heteroatoms. The zero-order valence-corrected chi connectivity index (χ0v) is 8.58. The summed E-state index contributed by atoms with van der Waals surface area (Å²) in [5.74, 6) is 1.56. The average molecular weight is 177 g/mol. The molecule has 0 fully saturated rings. The van der Waals surface area contributed by atoms with Crippen LogP contribution in [-0.4, -0.2) is 6.61 Å². The molecule has 0 aromatic heterocycles. The first-order valence-electron chi connectivity index (χ1n) is 4.75. The number of para-hydroxylation sites is 1. The molecule has 1 aromatic carbocycles. The van der Waals surface area contributed by atoms with Crippen LogP contribution in [0.4, 0.5) is 0 Å². The third-order valence-electron chi connectivity index (χ3n) is 1.80. The Morgan fingerprint density at radius 2 is 2.00 bits per heavy atom. The van der Waals surface area contributed by atoms with Crippen molar-refractivity contribution >= 4 is 0 Å². The summed E-state index contributed by atoms with van der Waals surface area (Å²) >= 11 is 0. The molecule has 1 aromatic rings. The second-order valence-electron chi connectivity index (χ2n) is 3.53. The van der Waals surface area contributed by atoms with Crippen molar-refractivity contribution in [3.63, 3.8) is 0 Å². The molecule has 13 heavy (non-hydrogen) atoms. The minimum absolute atomic E-state index is 0.574. The highest BCUT2D eigenvalue weighted by atomic mass is 16.5.